The van der Waals surface area contributed by atoms with Crippen molar-refractivity contribution in [3.8, 4) is 11.8 Å². The summed E-state index contributed by atoms with van der Waals surface area (Å²) in [5.41, 5.74) is 0. The molecule has 0 amide bonds. The highest BCUT2D eigenvalue weighted by molar-refractivity contribution is 9.10. The standard InChI is InChI=1S/C13H11BrClFN4O/c14-8-3-4-10(9(16)7-8)21-13-18-11(15)17-12(19-13)20-5-1-2-6-20/h3-4,7H,1-2,5-6H2. The number of nitrogens with zero attached hydrogens (tertiary/aromatic N) is 4. The Hall–Kier alpha value is -1.47. The number of rotatable bonds is 3. The highest BCUT2D eigenvalue weighted by atomic mass is 79.9. The number of hydrogen-bond acceptors (Lipinski definition) is 5. The summed E-state index contributed by atoms with van der Waals surface area (Å²) >= 11 is 9.07. The Labute approximate surface area is 134 Å². The monoisotopic (exact) mass is 372 g/mol. The van der Waals surface area contributed by atoms with Crippen molar-refractivity contribution in [2.75, 3.05) is 18.0 Å². The van der Waals surface area contributed by atoms with Crippen LogP contribution in [0.4, 0.5) is 10.3 Å². The Morgan fingerprint density at radius 2 is 1.95 bits per heavy atom. The van der Waals surface area contributed by atoms with E-state index in [1.807, 2.05) is 4.90 Å². The average molecular weight is 374 g/mol. The Morgan fingerprint density at radius 1 is 1.19 bits per heavy atom. The van der Waals surface area contributed by atoms with Gasteiger partial charge >= 0.3 is 6.01 Å². The second-order valence-electron chi connectivity index (χ2n) is 4.56. The van der Waals surface area contributed by atoms with Gasteiger partial charge in [0.2, 0.25) is 11.2 Å². The largest absolute Gasteiger partial charge is 0.421 e. The van der Waals surface area contributed by atoms with Gasteiger partial charge in [-0.3, -0.25) is 0 Å². The van der Waals surface area contributed by atoms with Crippen LogP contribution in [-0.4, -0.2) is 28.0 Å². The van der Waals surface area contributed by atoms with Crippen molar-refractivity contribution in [1.29, 1.82) is 0 Å². The van der Waals surface area contributed by atoms with Crippen molar-refractivity contribution in [2.45, 2.75) is 12.8 Å². The van der Waals surface area contributed by atoms with Crippen LogP contribution in [0.5, 0.6) is 11.8 Å². The molecule has 1 aromatic carbocycles. The van der Waals surface area contributed by atoms with E-state index in [2.05, 4.69) is 30.9 Å². The number of benzene rings is 1. The van der Waals surface area contributed by atoms with Crippen LogP contribution in [-0.2, 0) is 0 Å². The molecule has 8 heteroatoms. The first-order chi connectivity index (χ1) is 10.1. The molecular formula is C13H11BrClFN4O. The second kappa shape index (κ2) is 6.11. The summed E-state index contributed by atoms with van der Waals surface area (Å²) in [6.45, 7) is 1.73. The van der Waals surface area contributed by atoms with Crippen LogP contribution in [0.1, 0.15) is 12.8 Å². The summed E-state index contributed by atoms with van der Waals surface area (Å²) in [5, 5.41) is 0.0272. The van der Waals surface area contributed by atoms with Gasteiger partial charge in [0, 0.05) is 17.6 Å². The zero-order valence-corrected chi connectivity index (χ0v) is 13.2. The molecule has 0 N–H and O–H groups in total. The first-order valence-electron chi connectivity index (χ1n) is 6.41. The van der Waals surface area contributed by atoms with Crippen molar-refractivity contribution in [3.63, 3.8) is 0 Å². The molecule has 2 aromatic rings. The number of hydrogen-bond donors (Lipinski definition) is 0. The number of anilines is 1. The molecule has 3 rings (SSSR count). The minimum atomic E-state index is -0.511. The summed E-state index contributed by atoms with van der Waals surface area (Å²) in [6, 6.07) is 4.45. The predicted octanol–water partition coefficient (Wildman–Crippen LogP) is 3.82. The van der Waals surface area contributed by atoms with Crippen molar-refractivity contribution in [1.82, 2.24) is 15.0 Å². The molecule has 5 nitrogen and oxygen atoms in total. The first-order valence-corrected chi connectivity index (χ1v) is 7.58. The van der Waals surface area contributed by atoms with Gasteiger partial charge in [0.25, 0.3) is 0 Å². The lowest BCUT2D eigenvalue weighted by molar-refractivity contribution is 0.409. The highest BCUT2D eigenvalue weighted by Crippen LogP contribution is 2.27. The molecule has 0 bridgehead atoms. The third-order valence-corrected chi connectivity index (χ3v) is 3.72. The summed E-state index contributed by atoms with van der Waals surface area (Å²) in [5.74, 6) is -0.0171. The molecule has 1 fully saturated rings. The van der Waals surface area contributed by atoms with E-state index in [0.29, 0.717) is 10.4 Å². The Bertz CT molecular complexity index is 667. The Morgan fingerprint density at radius 3 is 2.67 bits per heavy atom. The number of aromatic nitrogens is 3. The third kappa shape index (κ3) is 3.41. The zero-order valence-electron chi connectivity index (χ0n) is 10.9. The molecule has 2 heterocycles. The fraction of sp³-hybridized carbons (Fsp3) is 0.308. The van der Waals surface area contributed by atoms with Crippen LogP contribution in [0.25, 0.3) is 0 Å². The molecule has 21 heavy (non-hydrogen) atoms. The molecule has 0 radical (unpaired) electrons. The molecule has 0 saturated carbocycles. The SMILES string of the molecule is Fc1cc(Br)ccc1Oc1nc(Cl)nc(N2CCCC2)n1. The number of halogens is 3. The Balaban J connectivity index is 1.87. The quantitative estimate of drug-likeness (QED) is 0.818. The maximum Gasteiger partial charge on any atom is 0.328 e. The normalized spacial score (nSPS) is 14.5. The van der Waals surface area contributed by atoms with Gasteiger partial charge in [0.1, 0.15) is 0 Å². The lowest BCUT2D eigenvalue weighted by atomic mass is 10.3. The minimum Gasteiger partial charge on any atom is -0.421 e. The van der Waals surface area contributed by atoms with Crippen LogP contribution in [0.15, 0.2) is 22.7 Å². The molecule has 0 aliphatic carbocycles. The Kier molecular flexibility index (Phi) is 4.21. The topological polar surface area (TPSA) is 51.1 Å². The van der Waals surface area contributed by atoms with Gasteiger partial charge in [-0.05, 0) is 42.6 Å². The molecule has 1 aliphatic rings. The molecule has 1 saturated heterocycles. The molecular weight excluding hydrogens is 363 g/mol. The van der Waals surface area contributed by atoms with Gasteiger partial charge in [-0.25, -0.2) is 4.39 Å². The molecule has 1 aliphatic heterocycles. The van der Waals surface area contributed by atoms with Gasteiger partial charge in [0.05, 0.1) is 0 Å². The maximum atomic E-state index is 13.8. The predicted molar refractivity (Wildman–Crippen MR) is 80.5 cm³/mol. The smallest absolute Gasteiger partial charge is 0.328 e. The molecule has 0 spiro atoms. The summed E-state index contributed by atoms with van der Waals surface area (Å²) in [7, 11) is 0. The fourth-order valence-corrected chi connectivity index (χ4v) is 2.56. The van der Waals surface area contributed by atoms with Gasteiger partial charge in [-0.1, -0.05) is 15.9 Å². The third-order valence-electron chi connectivity index (χ3n) is 3.06. The zero-order chi connectivity index (χ0) is 14.8. The van der Waals surface area contributed by atoms with E-state index in [9.17, 15) is 4.39 Å². The molecule has 0 unspecified atom stereocenters. The summed E-state index contributed by atoms with van der Waals surface area (Å²) in [6.07, 6.45) is 2.17. The van der Waals surface area contributed by atoms with Crippen molar-refractivity contribution >= 4 is 33.5 Å². The fourth-order valence-electron chi connectivity index (χ4n) is 2.08. The average Bonchev–Trinajstić information content (AvgIpc) is 2.95. The second-order valence-corrected chi connectivity index (χ2v) is 5.81. The lowest BCUT2D eigenvalue weighted by Gasteiger charge is -2.15. The molecule has 110 valence electrons. The van der Waals surface area contributed by atoms with Gasteiger partial charge < -0.3 is 9.64 Å². The van der Waals surface area contributed by atoms with Gasteiger partial charge in [-0.15, -0.1) is 0 Å². The highest BCUT2D eigenvalue weighted by Gasteiger charge is 2.18. The molecule has 1 aromatic heterocycles. The first kappa shape index (κ1) is 14.5. The lowest BCUT2D eigenvalue weighted by Crippen LogP contribution is -2.21. The van der Waals surface area contributed by atoms with Crippen LogP contribution in [0.2, 0.25) is 5.28 Å². The summed E-state index contributed by atoms with van der Waals surface area (Å²) in [4.78, 5) is 14.2. The van der Waals surface area contributed by atoms with Crippen LogP contribution in [0.3, 0.4) is 0 Å². The van der Waals surface area contributed by atoms with E-state index in [1.165, 1.54) is 12.1 Å². The van der Waals surface area contributed by atoms with Crippen LogP contribution < -0.4 is 9.64 Å². The van der Waals surface area contributed by atoms with E-state index in [4.69, 9.17) is 16.3 Å². The maximum absolute atomic E-state index is 13.8. The molecule has 0 atom stereocenters. The van der Waals surface area contributed by atoms with Gasteiger partial charge in [0.15, 0.2) is 11.6 Å². The number of ether oxygens (including phenoxy) is 1. The van der Waals surface area contributed by atoms with Crippen molar-refractivity contribution < 1.29 is 9.13 Å². The van der Waals surface area contributed by atoms with E-state index in [1.54, 1.807) is 6.07 Å². The van der Waals surface area contributed by atoms with E-state index >= 15 is 0 Å². The van der Waals surface area contributed by atoms with E-state index in [-0.39, 0.29) is 17.0 Å². The summed E-state index contributed by atoms with van der Waals surface area (Å²) < 4.78 is 19.8. The van der Waals surface area contributed by atoms with Crippen LogP contribution >= 0.6 is 27.5 Å². The minimum absolute atomic E-state index is 0.0156. The van der Waals surface area contributed by atoms with E-state index < -0.39 is 5.82 Å². The van der Waals surface area contributed by atoms with Crippen molar-refractivity contribution in [3.05, 3.63) is 33.8 Å². The van der Waals surface area contributed by atoms with Gasteiger partial charge in [-0.2, -0.15) is 15.0 Å². The van der Waals surface area contributed by atoms with Crippen molar-refractivity contribution in [2.24, 2.45) is 0 Å². The van der Waals surface area contributed by atoms with E-state index in [0.717, 1.165) is 25.9 Å². The van der Waals surface area contributed by atoms with Crippen LogP contribution in [0, 0.1) is 5.82 Å².